The molecular formula is C28H28F4N2O5S. The number of carbonyl (C=O) groups is 1. The van der Waals surface area contributed by atoms with Crippen molar-refractivity contribution in [1.82, 2.24) is 5.32 Å². The van der Waals surface area contributed by atoms with Gasteiger partial charge in [0.2, 0.25) is 0 Å². The van der Waals surface area contributed by atoms with E-state index in [1.807, 2.05) is 4.90 Å². The molecule has 0 bridgehead atoms. The third-order valence-electron chi connectivity index (χ3n) is 6.70. The van der Waals surface area contributed by atoms with Crippen LogP contribution < -0.4 is 15.0 Å². The van der Waals surface area contributed by atoms with Gasteiger partial charge in [-0.05, 0) is 60.2 Å². The van der Waals surface area contributed by atoms with Crippen molar-refractivity contribution in [1.29, 1.82) is 0 Å². The molecule has 2 atom stereocenters. The van der Waals surface area contributed by atoms with Crippen molar-refractivity contribution < 1.29 is 40.6 Å². The first-order valence-corrected chi connectivity index (χ1v) is 14.2. The van der Waals surface area contributed by atoms with Crippen LogP contribution in [0.25, 0.3) is 0 Å². The zero-order valence-electron chi connectivity index (χ0n) is 21.5. The summed E-state index contributed by atoms with van der Waals surface area (Å²) < 4.78 is 83.1. The lowest BCUT2D eigenvalue weighted by molar-refractivity contribution is -0.137. The lowest BCUT2D eigenvalue weighted by atomic mass is 10.1. The van der Waals surface area contributed by atoms with Crippen molar-refractivity contribution in [3.8, 4) is 5.75 Å². The number of rotatable bonds is 9. The molecular weight excluding hydrogens is 552 g/mol. The fourth-order valence-corrected chi connectivity index (χ4v) is 5.29. The van der Waals surface area contributed by atoms with Gasteiger partial charge in [0.05, 0.1) is 41.0 Å². The van der Waals surface area contributed by atoms with Gasteiger partial charge in [0, 0.05) is 18.7 Å². The van der Waals surface area contributed by atoms with E-state index in [1.54, 1.807) is 6.07 Å². The molecule has 1 unspecified atom stereocenters. The first-order chi connectivity index (χ1) is 18.9. The number of aliphatic hydroxyl groups is 1. The third kappa shape index (κ3) is 6.73. The van der Waals surface area contributed by atoms with E-state index >= 15 is 0 Å². The second-order valence-electron chi connectivity index (χ2n) is 9.34. The Kier molecular flexibility index (Phi) is 8.69. The predicted octanol–water partition coefficient (Wildman–Crippen LogP) is 4.76. The summed E-state index contributed by atoms with van der Waals surface area (Å²) in [6.45, 7) is 1.94. The molecule has 1 amide bonds. The van der Waals surface area contributed by atoms with E-state index in [0.717, 1.165) is 12.1 Å². The van der Waals surface area contributed by atoms with Crippen LogP contribution in [0.1, 0.15) is 40.9 Å². The number of sulfone groups is 1. The fraction of sp³-hybridized carbons (Fsp3) is 0.321. The van der Waals surface area contributed by atoms with E-state index in [-0.39, 0.29) is 22.3 Å². The highest BCUT2D eigenvalue weighted by atomic mass is 32.2. The molecule has 1 fully saturated rings. The van der Waals surface area contributed by atoms with E-state index in [0.29, 0.717) is 36.5 Å². The normalized spacial score (nSPS) is 16.6. The number of nitrogens with one attached hydrogen (secondary N) is 1. The Morgan fingerprint density at radius 3 is 2.35 bits per heavy atom. The van der Waals surface area contributed by atoms with Gasteiger partial charge in [0.15, 0.2) is 9.84 Å². The van der Waals surface area contributed by atoms with Gasteiger partial charge >= 0.3 is 6.18 Å². The molecule has 1 saturated heterocycles. The number of hydrogen-bond acceptors (Lipinski definition) is 6. The maximum atomic E-state index is 15.0. The Hall–Kier alpha value is -3.64. The van der Waals surface area contributed by atoms with Crippen LogP contribution in [0.4, 0.5) is 23.2 Å². The van der Waals surface area contributed by atoms with Crippen molar-refractivity contribution in [2.45, 2.75) is 36.6 Å². The first kappa shape index (κ1) is 29.3. The van der Waals surface area contributed by atoms with Gasteiger partial charge in [-0.25, -0.2) is 12.8 Å². The van der Waals surface area contributed by atoms with Gasteiger partial charge in [0.1, 0.15) is 17.7 Å². The summed E-state index contributed by atoms with van der Waals surface area (Å²) in [5.74, 6) is -1.29. The molecule has 0 radical (unpaired) electrons. The van der Waals surface area contributed by atoms with Crippen LogP contribution in [0.2, 0.25) is 0 Å². The van der Waals surface area contributed by atoms with Gasteiger partial charge < -0.3 is 20.1 Å². The molecule has 7 nitrogen and oxygen atoms in total. The number of nitrogens with zero attached hydrogens (tertiary/aromatic N) is 1. The number of aliphatic hydroxyl groups excluding tert-OH is 1. The van der Waals surface area contributed by atoms with Crippen molar-refractivity contribution in [3.63, 3.8) is 0 Å². The summed E-state index contributed by atoms with van der Waals surface area (Å²) in [6.07, 6.45) is -4.17. The average Bonchev–Trinajstić information content (AvgIpc) is 3.40. The Balaban J connectivity index is 1.38. The number of benzene rings is 3. The molecule has 0 spiro atoms. The number of amides is 1. The molecule has 3 aromatic carbocycles. The zero-order chi connectivity index (χ0) is 29.1. The Morgan fingerprint density at radius 2 is 1.77 bits per heavy atom. The minimum absolute atomic E-state index is 0.0634. The topological polar surface area (TPSA) is 95.9 Å². The summed E-state index contributed by atoms with van der Waals surface area (Å²) in [6, 6.07) is 13.4. The van der Waals surface area contributed by atoms with Gasteiger partial charge in [-0.3, -0.25) is 4.79 Å². The smallest absolute Gasteiger partial charge is 0.416 e. The second kappa shape index (κ2) is 11.8. The van der Waals surface area contributed by atoms with E-state index in [1.165, 1.54) is 55.5 Å². The summed E-state index contributed by atoms with van der Waals surface area (Å²) in [5, 5.41) is 12.4. The molecule has 0 saturated carbocycles. The number of ether oxygens (including phenoxy) is 1. The minimum atomic E-state index is -4.43. The van der Waals surface area contributed by atoms with Gasteiger partial charge in [-0.2, -0.15) is 13.2 Å². The molecule has 2 N–H and O–H groups in total. The highest BCUT2D eigenvalue weighted by Gasteiger charge is 2.31. The zero-order valence-corrected chi connectivity index (χ0v) is 22.3. The number of hydrogen-bond donors (Lipinski definition) is 2. The fourth-order valence-electron chi connectivity index (χ4n) is 4.40. The van der Waals surface area contributed by atoms with Crippen LogP contribution in [0.15, 0.2) is 71.6 Å². The van der Waals surface area contributed by atoms with Crippen LogP contribution >= 0.6 is 0 Å². The van der Waals surface area contributed by atoms with E-state index < -0.39 is 46.0 Å². The number of alkyl halides is 3. The molecule has 40 heavy (non-hydrogen) atoms. The van der Waals surface area contributed by atoms with Crippen molar-refractivity contribution in [3.05, 3.63) is 89.2 Å². The monoisotopic (exact) mass is 580 g/mol. The Labute approximate surface area is 229 Å². The molecule has 0 aromatic heterocycles. The van der Waals surface area contributed by atoms with E-state index in [2.05, 4.69) is 5.32 Å². The van der Waals surface area contributed by atoms with Crippen LogP contribution in [0.5, 0.6) is 5.75 Å². The van der Waals surface area contributed by atoms with Crippen LogP contribution in [-0.4, -0.2) is 51.0 Å². The van der Waals surface area contributed by atoms with Gasteiger partial charge in [-0.1, -0.05) is 19.1 Å². The molecule has 1 aliphatic rings. The highest BCUT2D eigenvalue weighted by Crippen LogP contribution is 2.31. The van der Waals surface area contributed by atoms with Gasteiger partial charge in [-0.15, -0.1) is 0 Å². The predicted molar refractivity (Wildman–Crippen MR) is 141 cm³/mol. The van der Waals surface area contributed by atoms with E-state index in [4.69, 9.17) is 4.74 Å². The molecule has 3 aromatic rings. The van der Waals surface area contributed by atoms with Gasteiger partial charge in [0.25, 0.3) is 5.91 Å². The average molecular weight is 581 g/mol. The minimum Gasteiger partial charge on any atom is -0.489 e. The summed E-state index contributed by atoms with van der Waals surface area (Å²) in [7, 11) is -3.40. The van der Waals surface area contributed by atoms with Crippen molar-refractivity contribution in [2.75, 3.05) is 30.3 Å². The standard InChI is InChI=1S/C28H28F4N2O5S/c1-2-40(37,38)23-10-3-18(4-11-23)26(17-35)33-27(36)24-12-7-20(15-25(24)29)34-14-13-22(16-34)39-21-8-5-19(6-9-21)28(30,31)32/h3-12,15,22,26,35H,2,13-14,16-17H2,1H3,(H,33,36)/t22?,26-/m0/s1. The number of carbonyl (C=O) groups excluding carboxylic acids is 1. The number of halogens is 4. The molecule has 4 rings (SSSR count). The SMILES string of the molecule is CCS(=O)(=O)c1ccc([C@H](CO)NC(=O)c2ccc(N3CCC(Oc4ccc(C(F)(F)F)cc4)C3)cc2F)cc1. The Morgan fingerprint density at radius 1 is 1.10 bits per heavy atom. The lowest BCUT2D eigenvalue weighted by Crippen LogP contribution is -2.31. The summed E-state index contributed by atoms with van der Waals surface area (Å²) >= 11 is 0. The second-order valence-corrected chi connectivity index (χ2v) is 11.6. The maximum absolute atomic E-state index is 15.0. The quantitative estimate of drug-likeness (QED) is 0.355. The molecule has 0 aliphatic carbocycles. The third-order valence-corrected chi connectivity index (χ3v) is 8.45. The van der Waals surface area contributed by atoms with E-state index in [9.17, 15) is 35.9 Å². The van der Waals surface area contributed by atoms with Crippen LogP contribution in [0, 0.1) is 5.82 Å². The summed E-state index contributed by atoms with van der Waals surface area (Å²) in [5.41, 5.74) is -0.0274. The van der Waals surface area contributed by atoms with Crippen molar-refractivity contribution >= 4 is 21.4 Å². The summed E-state index contributed by atoms with van der Waals surface area (Å²) in [4.78, 5) is 14.8. The largest absolute Gasteiger partial charge is 0.489 e. The first-order valence-electron chi connectivity index (χ1n) is 12.5. The molecule has 12 heteroatoms. The number of anilines is 1. The van der Waals surface area contributed by atoms with Crippen molar-refractivity contribution in [2.24, 2.45) is 0 Å². The highest BCUT2D eigenvalue weighted by molar-refractivity contribution is 7.91. The lowest BCUT2D eigenvalue weighted by Gasteiger charge is -2.21. The molecule has 214 valence electrons. The van der Waals surface area contributed by atoms with Crippen LogP contribution in [-0.2, 0) is 16.0 Å². The molecule has 1 aliphatic heterocycles. The molecule has 1 heterocycles. The Bertz CT molecular complexity index is 1450. The van der Waals surface area contributed by atoms with Crippen LogP contribution in [0.3, 0.4) is 0 Å². The maximum Gasteiger partial charge on any atom is 0.416 e.